The molecule has 0 atom stereocenters. The van der Waals surface area contributed by atoms with E-state index >= 15 is 0 Å². The number of benzene rings is 1. The first-order valence-electron chi connectivity index (χ1n) is 11.6. The molecule has 6 heteroatoms. The summed E-state index contributed by atoms with van der Waals surface area (Å²) in [6.45, 7) is 26.8. The molecule has 31 heavy (non-hydrogen) atoms. The van der Waals surface area contributed by atoms with Crippen LogP contribution in [0.1, 0.15) is 72.9 Å². The Balaban J connectivity index is 2.66. The minimum atomic E-state index is -2.17. The lowest BCUT2D eigenvalue weighted by Crippen LogP contribution is -2.57. The van der Waals surface area contributed by atoms with E-state index in [0.29, 0.717) is 11.6 Å². The molecule has 4 nitrogen and oxygen atoms in total. The molecule has 2 rings (SSSR count). The van der Waals surface area contributed by atoms with Gasteiger partial charge in [0, 0.05) is 11.3 Å². The molecule has 0 unspecified atom stereocenters. The largest absolute Gasteiger partial charge is 0.454 e. The highest BCUT2D eigenvalue weighted by Crippen LogP contribution is 2.46. The Hall–Kier alpha value is -1.41. The van der Waals surface area contributed by atoms with Crippen LogP contribution < -0.4 is 4.57 Å². The van der Waals surface area contributed by atoms with Gasteiger partial charge in [-0.25, -0.2) is 0 Å². The van der Waals surface area contributed by atoms with Crippen molar-refractivity contribution in [2.75, 3.05) is 4.57 Å². The van der Waals surface area contributed by atoms with Crippen LogP contribution in [0, 0.1) is 5.92 Å². The number of carbonyl (C=O) groups excluding carboxylic acids is 1. The van der Waals surface area contributed by atoms with Crippen LogP contribution in [0.3, 0.4) is 0 Å². The lowest BCUT2D eigenvalue weighted by molar-refractivity contribution is -0.111. The molecule has 1 amide bonds. The van der Waals surface area contributed by atoms with Gasteiger partial charge in [-0.2, -0.15) is 0 Å². The number of anilines is 1. The molecule has 1 aliphatic rings. The van der Waals surface area contributed by atoms with Crippen LogP contribution in [-0.2, 0) is 15.7 Å². The van der Waals surface area contributed by atoms with Crippen LogP contribution in [0.5, 0.6) is 0 Å². The summed E-state index contributed by atoms with van der Waals surface area (Å²) >= 11 is 0. The maximum Gasteiger partial charge on any atom is 0.286 e. The normalized spacial score (nSPS) is 17.0. The molecule has 0 spiro atoms. The minimum absolute atomic E-state index is 0.0114. The lowest BCUT2D eigenvalue weighted by Gasteiger charge is -2.44. The molecule has 0 saturated heterocycles. The maximum atomic E-state index is 13.9. The van der Waals surface area contributed by atoms with E-state index in [1.54, 1.807) is 0 Å². The van der Waals surface area contributed by atoms with Gasteiger partial charge >= 0.3 is 0 Å². The van der Waals surface area contributed by atoms with Gasteiger partial charge in [-0.3, -0.25) is 4.79 Å². The zero-order valence-electron chi connectivity index (χ0n) is 21.9. The minimum Gasteiger partial charge on any atom is -0.454 e. The Morgan fingerprint density at radius 2 is 1.58 bits per heavy atom. The second-order valence-corrected chi connectivity index (χ2v) is 22.3. The SMILES string of the molecule is CC(C)CCc1cccc2c1N([Si](C)(C)C(C)(C)C)C(=O)/C2=N\O[Si](C)(C)C(C)(C)C. The van der Waals surface area contributed by atoms with Crippen LogP contribution >= 0.6 is 0 Å². The number of amides is 1. The molecule has 0 N–H and O–H groups in total. The van der Waals surface area contributed by atoms with E-state index in [4.69, 9.17) is 4.53 Å². The van der Waals surface area contributed by atoms with Crippen LogP contribution in [0.15, 0.2) is 23.4 Å². The Labute approximate surface area is 192 Å². The lowest BCUT2D eigenvalue weighted by atomic mass is 9.99. The van der Waals surface area contributed by atoms with Gasteiger partial charge < -0.3 is 9.09 Å². The van der Waals surface area contributed by atoms with Crippen molar-refractivity contribution >= 4 is 33.9 Å². The molecule has 1 aromatic rings. The van der Waals surface area contributed by atoms with Crippen molar-refractivity contribution in [2.45, 2.75) is 104 Å². The predicted molar refractivity (Wildman–Crippen MR) is 139 cm³/mol. The van der Waals surface area contributed by atoms with E-state index in [2.05, 4.69) is 103 Å². The quantitative estimate of drug-likeness (QED) is 0.329. The summed E-state index contributed by atoms with van der Waals surface area (Å²) in [6.07, 6.45) is 2.07. The fourth-order valence-corrected chi connectivity index (χ4v) is 5.97. The van der Waals surface area contributed by atoms with Gasteiger partial charge in [-0.15, -0.1) is 0 Å². The van der Waals surface area contributed by atoms with E-state index < -0.39 is 16.6 Å². The van der Waals surface area contributed by atoms with E-state index in [1.807, 2.05) is 6.07 Å². The fraction of sp³-hybridized carbons (Fsp3) is 0.680. The van der Waals surface area contributed by atoms with Crippen molar-refractivity contribution in [1.29, 1.82) is 0 Å². The average Bonchev–Trinajstić information content (AvgIpc) is 2.88. The van der Waals surface area contributed by atoms with Crippen molar-refractivity contribution in [1.82, 2.24) is 0 Å². The Morgan fingerprint density at radius 3 is 2.06 bits per heavy atom. The first-order valence-corrected chi connectivity index (χ1v) is 17.5. The van der Waals surface area contributed by atoms with Crippen molar-refractivity contribution in [3.05, 3.63) is 29.3 Å². The zero-order valence-corrected chi connectivity index (χ0v) is 23.9. The van der Waals surface area contributed by atoms with E-state index in [0.717, 1.165) is 24.1 Å². The van der Waals surface area contributed by atoms with Crippen LogP contribution in [0.4, 0.5) is 5.69 Å². The molecular weight excluding hydrogens is 416 g/mol. The third kappa shape index (κ3) is 5.00. The van der Waals surface area contributed by atoms with Crippen LogP contribution in [0.2, 0.25) is 36.3 Å². The second kappa shape index (κ2) is 8.51. The highest BCUT2D eigenvalue weighted by atomic mass is 28.4. The number of oxime groups is 1. The Morgan fingerprint density at radius 1 is 1.00 bits per heavy atom. The monoisotopic (exact) mass is 460 g/mol. The van der Waals surface area contributed by atoms with Crippen molar-refractivity contribution in [3.63, 3.8) is 0 Å². The van der Waals surface area contributed by atoms with E-state index in [-0.39, 0.29) is 16.0 Å². The average molecular weight is 461 g/mol. The number of hydrogen-bond acceptors (Lipinski definition) is 3. The summed E-state index contributed by atoms with van der Waals surface area (Å²) in [6, 6.07) is 6.30. The first kappa shape index (κ1) is 25.9. The summed E-state index contributed by atoms with van der Waals surface area (Å²) in [4.78, 5) is 13.9. The summed E-state index contributed by atoms with van der Waals surface area (Å²) in [5.41, 5.74) is 3.75. The molecule has 1 aliphatic heterocycles. The number of rotatable bonds is 6. The van der Waals surface area contributed by atoms with Crippen molar-refractivity contribution in [3.8, 4) is 0 Å². The molecule has 1 heterocycles. The van der Waals surface area contributed by atoms with Crippen molar-refractivity contribution < 1.29 is 9.32 Å². The van der Waals surface area contributed by atoms with Crippen LogP contribution in [-0.4, -0.2) is 28.2 Å². The smallest absolute Gasteiger partial charge is 0.286 e. The molecule has 0 saturated carbocycles. The summed E-state index contributed by atoms with van der Waals surface area (Å²) in [7, 11) is -4.29. The summed E-state index contributed by atoms with van der Waals surface area (Å²) in [5, 5.41) is 4.63. The molecule has 0 aliphatic carbocycles. The number of hydrogen-bond donors (Lipinski definition) is 0. The van der Waals surface area contributed by atoms with Gasteiger partial charge in [-0.05, 0) is 47.5 Å². The number of carbonyl (C=O) groups is 1. The van der Waals surface area contributed by atoms with Gasteiger partial charge in [0.15, 0.2) is 13.9 Å². The number of para-hydroxylation sites is 1. The topological polar surface area (TPSA) is 41.9 Å². The second-order valence-electron chi connectivity index (χ2n) is 12.5. The third-order valence-corrected chi connectivity index (χ3v) is 16.9. The van der Waals surface area contributed by atoms with Gasteiger partial charge in [0.05, 0.1) is 0 Å². The predicted octanol–water partition coefficient (Wildman–Crippen LogP) is 7.35. The number of aryl methyl sites for hydroxylation is 1. The Kier molecular flexibility index (Phi) is 7.09. The molecule has 0 bridgehead atoms. The zero-order chi connectivity index (χ0) is 24.0. The molecule has 0 aromatic heterocycles. The fourth-order valence-electron chi connectivity index (χ4n) is 3.27. The summed E-state index contributed by atoms with van der Waals surface area (Å²) < 4.78 is 8.32. The molecule has 0 fully saturated rings. The number of nitrogens with zero attached hydrogens (tertiary/aromatic N) is 2. The van der Waals surface area contributed by atoms with Crippen molar-refractivity contribution in [2.24, 2.45) is 11.1 Å². The molecule has 174 valence electrons. The molecule has 0 radical (unpaired) electrons. The third-order valence-electron chi connectivity index (χ3n) is 7.56. The van der Waals surface area contributed by atoms with Gasteiger partial charge in [-0.1, -0.05) is 91.8 Å². The standard InChI is InChI=1S/C25H44N2O2Si2/c1-18(2)16-17-19-14-13-15-20-21(26-29-31(11,12)25(6,7)8)23(28)27(22(19)20)30(9,10)24(3,4)5/h13-15,18H,16-17H2,1-12H3/b26-21-. The van der Waals surface area contributed by atoms with Gasteiger partial charge in [0.1, 0.15) is 0 Å². The van der Waals surface area contributed by atoms with Gasteiger partial charge in [0.25, 0.3) is 14.2 Å². The summed E-state index contributed by atoms with van der Waals surface area (Å²) in [5.74, 6) is 0.627. The number of fused-ring (bicyclic) bond motifs is 1. The van der Waals surface area contributed by atoms with Crippen LogP contribution in [0.25, 0.3) is 0 Å². The maximum absolute atomic E-state index is 13.9. The molecule has 1 aromatic carbocycles. The van der Waals surface area contributed by atoms with E-state index in [1.165, 1.54) is 5.56 Å². The highest BCUT2D eigenvalue weighted by molar-refractivity contribution is 6.90. The van der Waals surface area contributed by atoms with E-state index in [9.17, 15) is 4.79 Å². The first-order chi connectivity index (χ1) is 13.9. The highest BCUT2D eigenvalue weighted by Gasteiger charge is 2.51. The van der Waals surface area contributed by atoms with Gasteiger partial charge in [0.2, 0.25) is 0 Å². The molecular formula is C25H44N2O2Si2. The Bertz CT molecular complexity index is 859.